The van der Waals surface area contributed by atoms with Crippen molar-refractivity contribution in [3.8, 4) is 0 Å². The Morgan fingerprint density at radius 3 is 2.48 bits per heavy atom. The van der Waals surface area contributed by atoms with E-state index >= 15 is 0 Å². The second kappa shape index (κ2) is 12.7. The van der Waals surface area contributed by atoms with Crippen molar-refractivity contribution in [1.29, 1.82) is 0 Å². The second-order valence-electron chi connectivity index (χ2n) is 12.2. The fraction of sp³-hybridized carbons (Fsp3) is 0.485. The van der Waals surface area contributed by atoms with Gasteiger partial charge in [-0.3, -0.25) is 14.4 Å². The SMILES string of the molecule is CC[C@@H](C)C(=O)N[C@H](C(=O)N1CCC[C@H]1CN(CCc1ccccc1)C(=O)c1c[nH]c2ccccc12)C(C)(C)C. The van der Waals surface area contributed by atoms with E-state index in [1.165, 1.54) is 5.56 Å². The molecule has 214 valence electrons. The number of hydrogen-bond acceptors (Lipinski definition) is 3. The molecule has 1 saturated heterocycles. The van der Waals surface area contributed by atoms with Crippen molar-refractivity contribution in [2.75, 3.05) is 19.6 Å². The Morgan fingerprint density at radius 2 is 1.77 bits per heavy atom. The topological polar surface area (TPSA) is 85.5 Å². The predicted octanol–water partition coefficient (Wildman–Crippen LogP) is 5.42. The molecule has 0 saturated carbocycles. The molecule has 2 N–H and O–H groups in total. The number of fused-ring (bicyclic) bond motifs is 1. The van der Waals surface area contributed by atoms with E-state index in [1.54, 1.807) is 6.20 Å². The summed E-state index contributed by atoms with van der Waals surface area (Å²) in [5.74, 6) is -0.348. The molecule has 7 heteroatoms. The number of para-hydroxylation sites is 1. The van der Waals surface area contributed by atoms with Crippen LogP contribution in [0.15, 0.2) is 60.8 Å². The summed E-state index contributed by atoms with van der Waals surface area (Å²) in [4.78, 5) is 47.8. The summed E-state index contributed by atoms with van der Waals surface area (Å²) < 4.78 is 0. The fourth-order valence-electron chi connectivity index (χ4n) is 5.46. The van der Waals surface area contributed by atoms with Gasteiger partial charge in [0.15, 0.2) is 0 Å². The van der Waals surface area contributed by atoms with E-state index in [0.29, 0.717) is 25.2 Å². The molecule has 1 fully saturated rings. The molecule has 7 nitrogen and oxygen atoms in total. The van der Waals surface area contributed by atoms with Gasteiger partial charge in [0.25, 0.3) is 5.91 Å². The van der Waals surface area contributed by atoms with Gasteiger partial charge in [-0.1, -0.05) is 83.1 Å². The zero-order valence-corrected chi connectivity index (χ0v) is 24.6. The van der Waals surface area contributed by atoms with Crippen molar-refractivity contribution < 1.29 is 14.4 Å². The summed E-state index contributed by atoms with van der Waals surface area (Å²) >= 11 is 0. The lowest BCUT2D eigenvalue weighted by Crippen LogP contribution is -2.57. The molecule has 0 aliphatic carbocycles. The van der Waals surface area contributed by atoms with E-state index in [-0.39, 0.29) is 29.7 Å². The molecule has 1 aliphatic rings. The number of H-pyrrole nitrogens is 1. The smallest absolute Gasteiger partial charge is 0.256 e. The minimum absolute atomic E-state index is 0.0369. The van der Waals surface area contributed by atoms with Crippen LogP contribution in [0.4, 0.5) is 0 Å². The van der Waals surface area contributed by atoms with Crippen molar-refractivity contribution in [2.24, 2.45) is 11.3 Å². The number of likely N-dealkylation sites (tertiary alicyclic amines) is 1. The Labute approximate surface area is 238 Å². The van der Waals surface area contributed by atoms with Crippen LogP contribution in [0.3, 0.4) is 0 Å². The van der Waals surface area contributed by atoms with Crippen molar-refractivity contribution in [3.05, 3.63) is 71.9 Å². The quantitative estimate of drug-likeness (QED) is 0.357. The van der Waals surface area contributed by atoms with Crippen molar-refractivity contribution in [1.82, 2.24) is 20.1 Å². The Morgan fingerprint density at radius 1 is 1.07 bits per heavy atom. The summed E-state index contributed by atoms with van der Waals surface area (Å²) in [5, 5.41) is 3.96. The summed E-state index contributed by atoms with van der Waals surface area (Å²) in [6.07, 6.45) is 4.94. The molecule has 2 heterocycles. The number of aromatic nitrogens is 1. The normalized spacial score (nSPS) is 17.0. The van der Waals surface area contributed by atoms with Gasteiger partial charge in [-0.2, -0.15) is 0 Å². The maximum absolute atomic E-state index is 14.0. The largest absolute Gasteiger partial charge is 0.360 e. The second-order valence-corrected chi connectivity index (χ2v) is 12.2. The van der Waals surface area contributed by atoms with E-state index in [2.05, 4.69) is 22.4 Å². The number of rotatable bonds is 10. The van der Waals surface area contributed by atoms with Crippen LogP contribution >= 0.6 is 0 Å². The first-order valence-corrected chi connectivity index (χ1v) is 14.6. The number of amides is 3. The average Bonchev–Trinajstić information content (AvgIpc) is 3.59. The highest BCUT2D eigenvalue weighted by molar-refractivity contribution is 6.06. The molecule has 0 spiro atoms. The van der Waals surface area contributed by atoms with Crippen LogP contribution in [-0.4, -0.2) is 64.2 Å². The summed E-state index contributed by atoms with van der Waals surface area (Å²) in [6.45, 7) is 11.5. The monoisotopic (exact) mass is 544 g/mol. The highest BCUT2D eigenvalue weighted by atomic mass is 16.2. The van der Waals surface area contributed by atoms with Crippen molar-refractivity contribution in [3.63, 3.8) is 0 Å². The van der Waals surface area contributed by atoms with Crippen LogP contribution in [-0.2, 0) is 16.0 Å². The maximum Gasteiger partial charge on any atom is 0.256 e. The molecule has 1 aromatic heterocycles. The number of aromatic amines is 1. The van der Waals surface area contributed by atoms with Gasteiger partial charge in [0, 0.05) is 48.7 Å². The third kappa shape index (κ3) is 6.75. The molecule has 3 aromatic rings. The third-order valence-electron chi connectivity index (χ3n) is 8.17. The van der Waals surface area contributed by atoms with Crippen LogP contribution in [0.2, 0.25) is 0 Å². The van der Waals surface area contributed by atoms with Gasteiger partial charge in [-0.25, -0.2) is 0 Å². The Bertz CT molecular complexity index is 1310. The molecule has 40 heavy (non-hydrogen) atoms. The van der Waals surface area contributed by atoms with E-state index < -0.39 is 11.5 Å². The number of carbonyl (C=O) groups excluding carboxylic acids is 3. The standard InChI is InChI=1S/C33H44N4O3/c1-6-23(2)30(38)35-29(33(3,4)5)32(40)37-19-12-15-25(37)22-36(20-18-24-13-8-7-9-14-24)31(39)27-21-34-28-17-11-10-16-26(27)28/h7-11,13-14,16-17,21,23,25,29,34H,6,12,15,18-20,22H2,1-5H3,(H,35,38)/t23-,25+,29-/m1/s1. The van der Waals surface area contributed by atoms with Gasteiger partial charge in [0.1, 0.15) is 6.04 Å². The van der Waals surface area contributed by atoms with Gasteiger partial charge >= 0.3 is 0 Å². The molecule has 1 aliphatic heterocycles. The fourth-order valence-corrected chi connectivity index (χ4v) is 5.46. The van der Waals surface area contributed by atoms with Crippen molar-refractivity contribution in [2.45, 2.75) is 72.4 Å². The zero-order valence-electron chi connectivity index (χ0n) is 24.6. The lowest BCUT2D eigenvalue weighted by Gasteiger charge is -2.37. The molecule has 0 unspecified atom stereocenters. The van der Waals surface area contributed by atoms with Crippen LogP contribution in [0.5, 0.6) is 0 Å². The highest BCUT2D eigenvalue weighted by Crippen LogP contribution is 2.28. The lowest BCUT2D eigenvalue weighted by molar-refractivity contribution is -0.141. The van der Waals surface area contributed by atoms with Gasteiger partial charge < -0.3 is 20.1 Å². The Kier molecular flexibility index (Phi) is 9.33. The van der Waals surface area contributed by atoms with Crippen LogP contribution in [0.1, 0.15) is 69.8 Å². The van der Waals surface area contributed by atoms with Crippen molar-refractivity contribution >= 4 is 28.6 Å². The zero-order chi connectivity index (χ0) is 28.9. The van der Waals surface area contributed by atoms with Gasteiger partial charge in [0.05, 0.1) is 5.56 Å². The number of nitrogens with zero attached hydrogens (tertiary/aromatic N) is 2. The van der Waals surface area contributed by atoms with Gasteiger partial charge in [-0.05, 0) is 42.7 Å². The Balaban J connectivity index is 1.57. The van der Waals surface area contributed by atoms with Gasteiger partial charge in [0.2, 0.25) is 11.8 Å². The van der Waals surface area contributed by atoms with E-state index in [9.17, 15) is 14.4 Å². The molecule has 0 radical (unpaired) electrons. The molecule has 3 amide bonds. The molecule has 3 atom stereocenters. The van der Waals surface area contributed by atoms with Gasteiger partial charge in [-0.15, -0.1) is 0 Å². The van der Waals surface area contributed by atoms with Crippen LogP contribution in [0, 0.1) is 11.3 Å². The number of hydrogen-bond donors (Lipinski definition) is 2. The van der Waals surface area contributed by atoms with E-state index in [4.69, 9.17) is 0 Å². The number of carbonyl (C=O) groups is 3. The molecular weight excluding hydrogens is 500 g/mol. The van der Waals surface area contributed by atoms with E-state index in [1.807, 2.05) is 86.9 Å². The summed E-state index contributed by atoms with van der Waals surface area (Å²) in [6, 6.07) is 17.3. The first-order chi connectivity index (χ1) is 19.1. The van der Waals surface area contributed by atoms with Crippen LogP contribution < -0.4 is 5.32 Å². The number of nitrogens with one attached hydrogen (secondary N) is 2. The average molecular weight is 545 g/mol. The summed E-state index contributed by atoms with van der Waals surface area (Å²) in [5.41, 5.74) is 2.30. The predicted molar refractivity (Wildman–Crippen MR) is 160 cm³/mol. The van der Waals surface area contributed by atoms with E-state index in [0.717, 1.165) is 36.6 Å². The number of benzene rings is 2. The lowest BCUT2D eigenvalue weighted by atomic mass is 9.85. The minimum Gasteiger partial charge on any atom is -0.360 e. The molecular formula is C33H44N4O3. The van der Waals surface area contributed by atoms with Crippen LogP contribution in [0.25, 0.3) is 10.9 Å². The Hall–Kier alpha value is -3.61. The first-order valence-electron chi connectivity index (χ1n) is 14.6. The first kappa shape index (κ1) is 29.4. The molecule has 2 aromatic carbocycles. The molecule has 4 rings (SSSR count). The highest BCUT2D eigenvalue weighted by Gasteiger charge is 2.40. The third-order valence-corrected chi connectivity index (χ3v) is 8.17. The maximum atomic E-state index is 14.0. The summed E-state index contributed by atoms with van der Waals surface area (Å²) in [7, 11) is 0. The minimum atomic E-state index is -0.628. The molecule has 0 bridgehead atoms.